The molecule has 1 amide bonds. The van der Waals surface area contributed by atoms with Gasteiger partial charge in [0, 0.05) is 28.8 Å². The summed E-state index contributed by atoms with van der Waals surface area (Å²) in [7, 11) is 0. The number of hydrogen-bond acceptors (Lipinski definition) is 3. The molecule has 0 saturated heterocycles. The standard InChI is InChI=1S/C13H20N2OS/c1-9(2)15-13(16)6-7-17-12-5-4-10(3)8-11(12)14/h4-5,8-9H,6-7,14H2,1-3H3,(H,15,16). The summed E-state index contributed by atoms with van der Waals surface area (Å²) >= 11 is 1.63. The number of amides is 1. The van der Waals surface area contributed by atoms with Gasteiger partial charge in [0.15, 0.2) is 0 Å². The Morgan fingerprint density at radius 3 is 2.76 bits per heavy atom. The third-order valence-electron chi connectivity index (χ3n) is 2.20. The quantitative estimate of drug-likeness (QED) is 0.625. The number of rotatable bonds is 5. The maximum atomic E-state index is 11.4. The summed E-state index contributed by atoms with van der Waals surface area (Å²) in [5.41, 5.74) is 7.85. The fourth-order valence-corrected chi connectivity index (χ4v) is 2.34. The van der Waals surface area contributed by atoms with Crippen LogP contribution in [0.5, 0.6) is 0 Å². The number of aryl methyl sites for hydroxylation is 1. The van der Waals surface area contributed by atoms with Crippen LogP contribution in [0, 0.1) is 6.92 Å². The van der Waals surface area contributed by atoms with Crippen molar-refractivity contribution < 1.29 is 4.79 Å². The minimum absolute atomic E-state index is 0.0955. The normalized spacial score (nSPS) is 10.6. The fourth-order valence-electron chi connectivity index (χ4n) is 1.45. The molecule has 0 aliphatic heterocycles. The molecular weight excluding hydrogens is 232 g/mol. The van der Waals surface area contributed by atoms with Gasteiger partial charge in [-0.3, -0.25) is 4.79 Å². The van der Waals surface area contributed by atoms with Crippen LogP contribution >= 0.6 is 11.8 Å². The predicted octanol–water partition coefficient (Wildman–Crippen LogP) is 2.58. The number of anilines is 1. The van der Waals surface area contributed by atoms with Crippen LogP contribution < -0.4 is 11.1 Å². The summed E-state index contributed by atoms with van der Waals surface area (Å²) in [6.07, 6.45) is 0.524. The van der Waals surface area contributed by atoms with Gasteiger partial charge in [-0.1, -0.05) is 6.07 Å². The third-order valence-corrected chi connectivity index (χ3v) is 3.29. The molecule has 1 aromatic carbocycles. The summed E-state index contributed by atoms with van der Waals surface area (Å²) in [5.74, 6) is 0.851. The highest BCUT2D eigenvalue weighted by Gasteiger charge is 2.05. The molecule has 0 bridgehead atoms. The summed E-state index contributed by atoms with van der Waals surface area (Å²) in [6, 6.07) is 6.20. The third kappa shape index (κ3) is 5.13. The minimum Gasteiger partial charge on any atom is -0.398 e. The largest absolute Gasteiger partial charge is 0.398 e. The van der Waals surface area contributed by atoms with Crippen molar-refractivity contribution in [3.63, 3.8) is 0 Å². The second-order valence-electron chi connectivity index (χ2n) is 4.36. The average molecular weight is 252 g/mol. The van der Waals surface area contributed by atoms with Crippen molar-refractivity contribution in [1.29, 1.82) is 0 Å². The van der Waals surface area contributed by atoms with Crippen LogP contribution in [0.2, 0.25) is 0 Å². The molecule has 0 heterocycles. The Kier molecular flexibility index (Phi) is 5.35. The van der Waals surface area contributed by atoms with Crippen molar-refractivity contribution in [3.8, 4) is 0 Å². The monoisotopic (exact) mass is 252 g/mol. The van der Waals surface area contributed by atoms with Gasteiger partial charge in [0.2, 0.25) is 5.91 Å². The number of nitrogens with two attached hydrogens (primary N) is 1. The molecule has 3 N–H and O–H groups in total. The van der Waals surface area contributed by atoms with Crippen LogP contribution in [0.4, 0.5) is 5.69 Å². The first-order valence-electron chi connectivity index (χ1n) is 5.77. The van der Waals surface area contributed by atoms with E-state index in [0.29, 0.717) is 6.42 Å². The second-order valence-corrected chi connectivity index (χ2v) is 5.50. The number of benzene rings is 1. The Labute approximate surface area is 107 Å². The molecule has 0 spiro atoms. The van der Waals surface area contributed by atoms with E-state index in [1.807, 2.05) is 39.0 Å². The van der Waals surface area contributed by atoms with Crippen LogP contribution in [0.15, 0.2) is 23.1 Å². The molecule has 1 rings (SSSR count). The van der Waals surface area contributed by atoms with E-state index in [1.54, 1.807) is 11.8 Å². The van der Waals surface area contributed by atoms with E-state index in [1.165, 1.54) is 0 Å². The van der Waals surface area contributed by atoms with Gasteiger partial charge < -0.3 is 11.1 Å². The van der Waals surface area contributed by atoms with Gasteiger partial charge in [-0.05, 0) is 38.5 Å². The molecule has 0 atom stereocenters. The van der Waals surface area contributed by atoms with Crippen LogP contribution in [0.3, 0.4) is 0 Å². The summed E-state index contributed by atoms with van der Waals surface area (Å²) < 4.78 is 0. The molecule has 1 aromatic rings. The first-order valence-corrected chi connectivity index (χ1v) is 6.76. The fraction of sp³-hybridized carbons (Fsp3) is 0.462. The summed E-state index contributed by atoms with van der Waals surface area (Å²) in [4.78, 5) is 12.5. The molecule has 4 heteroatoms. The van der Waals surface area contributed by atoms with Crippen molar-refractivity contribution in [3.05, 3.63) is 23.8 Å². The molecule has 0 aliphatic rings. The van der Waals surface area contributed by atoms with Gasteiger partial charge in [0.25, 0.3) is 0 Å². The molecule has 0 aliphatic carbocycles. The van der Waals surface area contributed by atoms with E-state index in [2.05, 4.69) is 5.32 Å². The van der Waals surface area contributed by atoms with Crippen molar-refractivity contribution >= 4 is 23.4 Å². The van der Waals surface area contributed by atoms with Gasteiger partial charge in [0.05, 0.1) is 0 Å². The van der Waals surface area contributed by atoms with Crippen molar-refractivity contribution in [1.82, 2.24) is 5.32 Å². The Morgan fingerprint density at radius 1 is 1.47 bits per heavy atom. The van der Waals surface area contributed by atoms with E-state index in [4.69, 9.17) is 5.73 Å². The first kappa shape index (κ1) is 13.9. The maximum absolute atomic E-state index is 11.4. The number of carbonyl (C=O) groups excluding carboxylic acids is 1. The highest BCUT2D eigenvalue weighted by molar-refractivity contribution is 7.99. The minimum atomic E-state index is 0.0955. The lowest BCUT2D eigenvalue weighted by Gasteiger charge is -2.09. The molecule has 17 heavy (non-hydrogen) atoms. The molecule has 0 saturated carbocycles. The lowest BCUT2D eigenvalue weighted by Crippen LogP contribution is -2.30. The molecule has 3 nitrogen and oxygen atoms in total. The molecule has 0 fully saturated rings. The van der Waals surface area contributed by atoms with Gasteiger partial charge in [-0.25, -0.2) is 0 Å². The van der Waals surface area contributed by atoms with E-state index >= 15 is 0 Å². The van der Waals surface area contributed by atoms with Crippen molar-refractivity contribution in [2.24, 2.45) is 0 Å². The lowest BCUT2D eigenvalue weighted by molar-refractivity contribution is -0.121. The Hall–Kier alpha value is -1.16. The molecule has 0 radical (unpaired) electrons. The summed E-state index contributed by atoms with van der Waals surface area (Å²) in [6.45, 7) is 5.94. The molecule has 0 unspecified atom stereocenters. The zero-order valence-corrected chi connectivity index (χ0v) is 11.4. The molecule has 94 valence electrons. The highest BCUT2D eigenvalue weighted by Crippen LogP contribution is 2.26. The zero-order valence-electron chi connectivity index (χ0n) is 10.6. The Bertz CT molecular complexity index is 391. The van der Waals surface area contributed by atoms with Gasteiger partial charge in [-0.2, -0.15) is 0 Å². The summed E-state index contributed by atoms with van der Waals surface area (Å²) in [5, 5.41) is 2.87. The van der Waals surface area contributed by atoms with Crippen LogP contribution in [-0.4, -0.2) is 17.7 Å². The second kappa shape index (κ2) is 6.55. The van der Waals surface area contributed by atoms with E-state index in [-0.39, 0.29) is 11.9 Å². The van der Waals surface area contributed by atoms with Crippen molar-refractivity contribution in [2.45, 2.75) is 38.1 Å². The topological polar surface area (TPSA) is 55.1 Å². The smallest absolute Gasteiger partial charge is 0.221 e. The first-order chi connectivity index (χ1) is 7.99. The number of nitrogens with one attached hydrogen (secondary N) is 1. The number of hydrogen-bond donors (Lipinski definition) is 2. The Balaban J connectivity index is 2.38. The van der Waals surface area contributed by atoms with E-state index in [9.17, 15) is 4.79 Å². The van der Waals surface area contributed by atoms with Crippen LogP contribution in [-0.2, 0) is 4.79 Å². The molecular formula is C13H20N2OS. The SMILES string of the molecule is Cc1ccc(SCCC(=O)NC(C)C)c(N)c1. The average Bonchev–Trinajstić information content (AvgIpc) is 2.20. The van der Waals surface area contributed by atoms with E-state index < -0.39 is 0 Å². The van der Waals surface area contributed by atoms with Gasteiger partial charge in [-0.15, -0.1) is 11.8 Å². The van der Waals surface area contributed by atoms with Crippen LogP contribution in [0.1, 0.15) is 25.8 Å². The van der Waals surface area contributed by atoms with Crippen LogP contribution in [0.25, 0.3) is 0 Å². The van der Waals surface area contributed by atoms with Gasteiger partial charge in [0.1, 0.15) is 0 Å². The number of carbonyl (C=O) groups is 1. The molecule has 0 aromatic heterocycles. The highest BCUT2D eigenvalue weighted by atomic mass is 32.2. The number of nitrogen functional groups attached to an aromatic ring is 1. The van der Waals surface area contributed by atoms with Crippen molar-refractivity contribution in [2.75, 3.05) is 11.5 Å². The predicted molar refractivity (Wildman–Crippen MR) is 74.2 cm³/mol. The van der Waals surface area contributed by atoms with E-state index in [0.717, 1.165) is 21.9 Å². The Morgan fingerprint density at radius 2 is 2.18 bits per heavy atom. The zero-order chi connectivity index (χ0) is 12.8. The number of thioether (sulfide) groups is 1. The van der Waals surface area contributed by atoms with Gasteiger partial charge >= 0.3 is 0 Å². The maximum Gasteiger partial charge on any atom is 0.221 e. The lowest BCUT2D eigenvalue weighted by atomic mass is 10.2.